The molecule has 13 heteroatoms. The average molecular weight is 416 g/mol. The Kier molecular flexibility index (Phi) is 5.00. The van der Waals surface area contributed by atoms with E-state index in [2.05, 4.69) is 30.8 Å². The molecule has 1 fully saturated rings. The van der Waals surface area contributed by atoms with Crippen LogP contribution in [-0.2, 0) is 9.53 Å². The summed E-state index contributed by atoms with van der Waals surface area (Å²) in [6, 6.07) is 2.05. The third-order valence-corrected chi connectivity index (χ3v) is 4.27. The number of amides is 2. The topological polar surface area (TPSA) is 128 Å². The molecule has 1 unspecified atom stereocenters. The Bertz CT molecular complexity index is 1070. The first-order valence-electron chi connectivity index (χ1n) is 8.70. The number of aromatic nitrogens is 6. The zero-order valence-electron chi connectivity index (χ0n) is 15.5. The highest BCUT2D eigenvalue weighted by atomic mass is 19.1. The number of nitrogens with zero attached hydrogens (tertiary/aromatic N) is 7. The van der Waals surface area contributed by atoms with Crippen LogP contribution in [0.4, 0.5) is 19.3 Å². The van der Waals surface area contributed by atoms with Gasteiger partial charge in [0.05, 0.1) is 24.3 Å². The van der Waals surface area contributed by atoms with Gasteiger partial charge in [-0.05, 0) is 22.6 Å². The number of halogens is 2. The molecule has 2 amide bonds. The fourth-order valence-corrected chi connectivity index (χ4v) is 2.91. The van der Waals surface area contributed by atoms with E-state index in [0.717, 1.165) is 17.0 Å². The fraction of sp³-hybridized carbons (Fsp3) is 0.235. The Labute approximate surface area is 167 Å². The lowest BCUT2D eigenvalue weighted by Gasteiger charge is -2.15. The number of cyclic esters (lactones) is 1. The predicted octanol–water partition coefficient (Wildman–Crippen LogP) is 0.859. The highest BCUT2D eigenvalue weighted by Crippen LogP contribution is 2.31. The summed E-state index contributed by atoms with van der Waals surface area (Å²) in [6.45, 7) is 1.48. The van der Waals surface area contributed by atoms with Crippen LogP contribution in [0.15, 0.2) is 30.9 Å². The predicted molar refractivity (Wildman–Crippen MR) is 96.4 cm³/mol. The molecule has 1 aromatic carbocycles. The molecular formula is C17H14F2N8O3. The number of nitrogens with one attached hydrogen (secondary N) is 1. The molecule has 3 heterocycles. The van der Waals surface area contributed by atoms with Gasteiger partial charge in [-0.3, -0.25) is 9.69 Å². The lowest BCUT2D eigenvalue weighted by molar-refractivity contribution is -0.119. The molecule has 154 valence electrons. The van der Waals surface area contributed by atoms with E-state index in [4.69, 9.17) is 4.74 Å². The van der Waals surface area contributed by atoms with Gasteiger partial charge in [0.25, 0.3) is 5.95 Å². The summed E-state index contributed by atoms with van der Waals surface area (Å²) >= 11 is 0. The first-order valence-corrected chi connectivity index (χ1v) is 8.70. The van der Waals surface area contributed by atoms with E-state index in [1.807, 2.05) is 0 Å². The summed E-state index contributed by atoms with van der Waals surface area (Å²) in [7, 11) is 0. The van der Waals surface area contributed by atoms with Crippen LogP contribution in [0.25, 0.3) is 17.1 Å². The summed E-state index contributed by atoms with van der Waals surface area (Å²) < 4.78 is 35.8. The Balaban J connectivity index is 1.57. The number of anilines is 1. The molecular weight excluding hydrogens is 402 g/mol. The van der Waals surface area contributed by atoms with Crippen molar-refractivity contribution in [3.05, 3.63) is 42.5 Å². The molecule has 1 N–H and O–H groups in total. The third kappa shape index (κ3) is 3.76. The molecule has 0 spiro atoms. The Morgan fingerprint density at radius 3 is 2.57 bits per heavy atom. The van der Waals surface area contributed by atoms with Crippen LogP contribution < -0.4 is 10.2 Å². The smallest absolute Gasteiger partial charge is 0.414 e. The number of benzene rings is 1. The van der Waals surface area contributed by atoms with Gasteiger partial charge >= 0.3 is 6.09 Å². The second-order valence-electron chi connectivity index (χ2n) is 6.36. The Morgan fingerprint density at radius 1 is 1.27 bits per heavy atom. The van der Waals surface area contributed by atoms with Crippen molar-refractivity contribution in [2.24, 2.45) is 0 Å². The largest absolute Gasteiger partial charge is 0.442 e. The minimum atomic E-state index is -0.901. The maximum absolute atomic E-state index is 14.7. The molecule has 0 radical (unpaired) electrons. The second-order valence-corrected chi connectivity index (χ2v) is 6.36. The standard InChI is InChI=1S/C17H14F2N8O3/c1-9(28)20-6-12-7-26(17(29)30-12)11-2-13(18)15(14(19)3-11)10-4-21-16(22-5-10)27-8-23-24-25-27/h2-5,8,12H,6-7H2,1H3,(H,20,28). The fourth-order valence-electron chi connectivity index (χ4n) is 2.91. The van der Waals surface area contributed by atoms with Crippen LogP contribution in [-0.4, -0.2) is 61.4 Å². The summed E-state index contributed by atoms with van der Waals surface area (Å²) in [4.78, 5) is 32.1. The van der Waals surface area contributed by atoms with E-state index < -0.39 is 23.8 Å². The molecule has 1 atom stereocenters. The van der Waals surface area contributed by atoms with E-state index in [0.29, 0.717) is 0 Å². The van der Waals surface area contributed by atoms with Crippen LogP contribution in [0.5, 0.6) is 0 Å². The van der Waals surface area contributed by atoms with E-state index in [1.165, 1.54) is 30.3 Å². The van der Waals surface area contributed by atoms with E-state index in [1.54, 1.807) is 0 Å². The molecule has 2 aromatic heterocycles. The van der Waals surface area contributed by atoms with Crippen LogP contribution in [0, 0.1) is 11.6 Å². The van der Waals surface area contributed by atoms with Gasteiger partial charge in [0, 0.05) is 24.9 Å². The van der Waals surface area contributed by atoms with Crippen LogP contribution in [0.1, 0.15) is 6.92 Å². The summed E-state index contributed by atoms with van der Waals surface area (Å²) in [5.74, 6) is -1.95. The monoisotopic (exact) mass is 416 g/mol. The van der Waals surface area contributed by atoms with Crippen molar-refractivity contribution in [1.29, 1.82) is 0 Å². The lowest BCUT2D eigenvalue weighted by atomic mass is 10.1. The zero-order valence-corrected chi connectivity index (χ0v) is 15.5. The van der Waals surface area contributed by atoms with Crippen molar-refractivity contribution in [3.63, 3.8) is 0 Å². The quantitative estimate of drug-likeness (QED) is 0.649. The molecule has 0 aliphatic carbocycles. The number of hydrogen-bond donors (Lipinski definition) is 1. The number of ether oxygens (including phenoxy) is 1. The molecule has 3 aromatic rings. The first-order chi connectivity index (χ1) is 14.4. The van der Waals surface area contributed by atoms with Crippen LogP contribution in [0.3, 0.4) is 0 Å². The van der Waals surface area contributed by atoms with Crippen molar-refractivity contribution in [3.8, 4) is 17.1 Å². The van der Waals surface area contributed by atoms with Crippen molar-refractivity contribution in [2.45, 2.75) is 13.0 Å². The molecule has 11 nitrogen and oxygen atoms in total. The SMILES string of the molecule is CC(=O)NCC1CN(c2cc(F)c(-c3cnc(-n4cnnn4)nc3)c(F)c2)C(=O)O1. The molecule has 0 saturated carbocycles. The molecule has 4 rings (SSSR count). The molecule has 0 bridgehead atoms. The summed E-state index contributed by atoms with van der Waals surface area (Å²) in [6.07, 6.45) is 2.36. The van der Waals surface area contributed by atoms with Gasteiger partial charge in [-0.15, -0.1) is 5.10 Å². The van der Waals surface area contributed by atoms with Gasteiger partial charge in [0.15, 0.2) is 0 Å². The van der Waals surface area contributed by atoms with Gasteiger partial charge < -0.3 is 10.1 Å². The molecule has 1 saturated heterocycles. The summed E-state index contributed by atoms with van der Waals surface area (Å²) in [5, 5.41) is 13.1. The number of hydrogen-bond acceptors (Lipinski definition) is 8. The van der Waals surface area contributed by atoms with Crippen molar-refractivity contribution in [1.82, 2.24) is 35.5 Å². The molecule has 1 aliphatic heterocycles. The van der Waals surface area contributed by atoms with Gasteiger partial charge in [-0.25, -0.2) is 23.5 Å². The van der Waals surface area contributed by atoms with E-state index in [-0.39, 0.29) is 41.8 Å². The second kappa shape index (κ2) is 7.77. The normalized spacial score (nSPS) is 15.9. The van der Waals surface area contributed by atoms with Gasteiger partial charge in [0.2, 0.25) is 5.91 Å². The van der Waals surface area contributed by atoms with Crippen LogP contribution >= 0.6 is 0 Å². The first kappa shape index (κ1) is 19.3. The van der Waals surface area contributed by atoms with Crippen LogP contribution in [0.2, 0.25) is 0 Å². The van der Waals surface area contributed by atoms with Gasteiger partial charge in [-0.1, -0.05) is 0 Å². The molecule has 30 heavy (non-hydrogen) atoms. The molecule has 1 aliphatic rings. The maximum Gasteiger partial charge on any atom is 0.414 e. The Hall–Kier alpha value is -4.03. The highest BCUT2D eigenvalue weighted by Gasteiger charge is 2.33. The number of rotatable bonds is 5. The number of carbonyl (C=O) groups is 2. The van der Waals surface area contributed by atoms with E-state index >= 15 is 0 Å². The van der Waals surface area contributed by atoms with Crippen molar-refractivity contribution in [2.75, 3.05) is 18.0 Å². The minimum Gasteiger partial charge on any atom is -0.442 e. The Morgan fingerprint density at radius 2 is 1.97 bits per heavy atom. The highest BCUT2D eigenvalue weighted by molar-refractivity contribution is 5.90. The van der Waals surface area contributed by atoms with Crippen molar-refractivity contribution < 1.29 is 23.1 Å². The van der Waals surface area contributed by atoms with E-state index in [9.17, 15) is 18.4 Å². The number of carbonyl (C=O) groups excluding carboxylic acids is 2. The van der Waals surface area contributed by atoms with Gasteiger partial charge in [0.1, 0.15) is 24.1 Å². The maximum atomic E-state index is 14.7. The summed E-state index contributed by atoms with van der Waals surface area (Å²) in [5.41, 5.74) is -0.249. The number of tetrazole rings is 1. The third-order valence-electron chi connectivity index (χ3n) is 4.27. The zero-order chi connectivity index (χ0) is 21.3. The average Bonchev–Trinajstić information content (AvgIpc) is 3.36. The lowest BCUT2D eigenvalue weighted by Crippen LogP contribution is -2.33. The van der Waals surface area contributed by atoms with Gasteiger partial charge in [-0.2, -0.15) is 4.68 Å². The minimum absolute atomic E-state index is 0.00435. The van der Waals surface area contributed by atoms with Crippen molar-refractivity contribution >= 4 is 17.7 Å².